The zero-order valence-electron chi connectivity index (χ0n) is 12.4. The molecule has 0 amide bonds. The van der Waals surface area contributed by atoms with Crippen molar-refractivity contribution >= 4 is 5.96 Å². The van der Waals surface area contributed by atoms with Crippen LogP contribution in [0.25, 0.3) is 0 Å². The van der Waals surface area contributed by atoms with Gasteiger partial charge in [-0.3, -0.25) is 9.67 Å². The lowest BCUT2D eigenvalue weighted by Crippen LogP contribution is -2.42. The fourth-order valence-electron chi connectivity index (χ4n) is 3.70. The average Bonchev–Trinajstić information content (AvgIpc) is 3.19. The van der Waals surface area contributed by atoms with Crippen LogP contribution in [-0.2, 0) is 6.54 Å². The molecule has 0 atom stereocenters. The van der Waals surface area contributed by atoms with E-state index in [1.54, 1.807) is 0 Å². The topological polar surface area (TPSA) is 45.5 Å². The van der Waals surface area contributed by atoms with Gasteiger partial charge in [0.15, 0.2) is 5.96 Å². The van der Waals surface area contributed by atoms with E-state index in [1.165, 1.54) is 38.6 Å². The monoisotopic (exact) mass is 275 g/mol. The predicted molar refractivity (Wildman–Crippen MR) is 80.7 cm³/mol. The quantitative estimate of drug-likeness (QED) is 0.675. The van der Waals surface area contributed by atoms with E-state index in [0.717, 1.165) is 25.6 Å². The van der Waals surface area contributed by atoms with Crippen LogP contribution < -0.4 is 5.32 Å². The van der Waals surface area contributed by atoms with Crippen LogP contribution in [0.3, 0.4) is 0 Å². The van der Waals surface area contributed by atoms with Crippen molar-refractivity contribution in [3.63, 3.8) is 0 Å². The van der Waals surface area contributed by atoms with E-state index in [0.29, 0.717) is 5.41 Å². The minimum atomic E-state index is 0.597. The Morgan fingerprint density at radius 3 is 2.90 bits per heavy atom. The predicted octanol–water partition coefficient (Wildman–Crippen LogP) is 1.72. The lowest BCUT2D eigenvalue weighted by atomic mass is 9.86. The molecule has 0 unspecified atom stereocenters. The summed E-state index contributed by atoms with van der Waals surface area (Å²) < 4.78 is 1.95. The molecule has 1 saturated carbocycles. The van der Waals surface area contributed by atoms with Gasteiger partial charge in [-0.25, -0.2) is 0 Å². The number of guanidine groups is 1. The summed E-state index contributed by atoms with van der Waals surface area (Å²) in [7, 11) is 1.88. The number of likely N-dealkylation sites (tertiary alicyclic amines) is 1. The summed E-state index contributed by atoms with van der Waals surface area (Å²) >= 11 is 0. The van der Waals surface area contributed by atoms with Crippen molar-refractivity contribution in [3.8, 4) is 0 Å². The molecule has 110 valence electrons. The summed E-state index contributed by atoms with van der Waals surface area (Å²) in [5.74, 6) is 1.06. The van der Waals surface area contributed by atoms with Gasteiger partial charge in [0.25, 0.3) is 0 Å². The molecule has 2 aliphatic rings. The number of nitrogens with zero attached hydrogens (tertiary/aromatic N) is 4. The van der Waals surface area contributed by atoms with Crippen molar-refractivity contribution in [2.75, 3.05) is 26.7 Å². The molecule has 0 aromatic carbocycles. The molecule has 0 radical (unpaired) electrons. The Balaban J connectivity index is 1.50. The van der Waals surface area contributed by atoms with Crippen LogP contribution in [-0.4, -0.2) is 47.3 Å². The standard InChI is InChI=1S/C15H25N5/c1-16-14(17-9-12-20-10-4-8-18-20)19-11-7-15(13-19)5-2-3-6-15/h4,8,10H,2-3,5-7,9,11-13H2,1H3,(H,16,17). The van der Waals surface area contributed by atoms with Crippen LogP contribution in [0.15, 0.2) is 23.5 Å². The summed E-state index contributed by atoms with van der Waals surface area (Å²) in [4.78, 5) is 6.88. The zero-order chi connectivity index (χ0) is 13.8. The van der Waals surface area contributed by atoms with Crippen molar-refractivity contribution in [2.24, 2.45) is 10.4 Å². The van der Waals surface area contributed by atoms with Crippen molar-refractivity contribution in [2.45, 2.75) is 38.6 Å². The molecule has 1 saturated heterocycles. The fraction of sp³-hybridized carbons (Fsp3) is 0.733. The van der Waals surface area contributed by atoms with Gasteiger partial charge in [0.05, 0.1) is 6.54 Å². The van der Waals surface area contributed by atoms with E-state index in [2.05, 4.69) is 20.3 Å². The highest BCUT2D eigenvalue weighted by atomic mass is 15.3. The van der Waals surface area contributed by atoms with Crippen LogP contribution in [0.5, 0.6) is 0 Å². The molecule has 1 aliphatic carbocycles. The SMILES string of the molecule is CN=C(NCCn1cccn1)N1CCC2(CCCC2)C1. The highest BCUT2D eigenvalue weighted by Gasteiger charge is 2.40. The number of aromatic nitrogens is 2. The van der Waals surface area contributed by atoms with Crippen molar-refractivity contribution < 1.29 is 0 Å². The van der Waals surface area contributed by atoms with Gasteiger partial charge in [0.1, 0.15) is 0 Å². The Hall–Kier alpha value is -1.52. The molecule has 2 fully saturated rings. The van der Waals surface area contributed by atoms with Crippen molar-refractivity contribution in [1.82, 2.24) is 20.0 Å². The molecule has 5 nitrogen and oxygen atoms in total. The number of nitrogens with one attached hydrogen (secondary N) is 1. The first kappa shape index (κ1) is 13.5. The Labute approximate surface area is 121 Å². The second-order valence-corrected chi connectivity index (χ2v) is 6.12. The zero-order valence-corrected chi connectivity index (χ0v) is 12.4. The maximum atomic E-state index is 4.45. The number of rotatable bonds is 3. The van der Waals surface area contributed by atoms with E-state index in [4.69, 9.17) is 0 Å². The van der Waals surface area contributed by atoms with E-state index in [9.17, 15) is 0 Å². The van der Waals surface area contributed by atoms with Crippen molar-refractivity contribution in [1.29, 1.82) is 0 Å². The van der Waals surface area contributed by atoms with Crippen LogP contribution >= 0.6 is 0 Å². The second-order valence-electron chi connectivity index (χ2n) is 6.12. The molecule has 20 heavy (non-hydrogen) atoms. The molecule has 2 heterocycles. The maximum absolute atomic E-state index is 4.45. The highest BCUT2D eigenvalue weighted by molar-refractivity contribution is 5.80. The van der Waals surface area contributed by atoms with Crippen LogP contribution in [0, 0.1) is 5.41 Å². The van der Waals surface area contributed by atoms with E-state index in [-0.39, 0.29) is 0 Å². The Morgan fingerprint density at radius 1 is 1.35 bits per heavy atom. The molecule has 1 aromatic rings. The van der Waals surface area contributed by atoms with Crippen LogP contribution in [0.1, 0.15) is 32.1 Å². The van der Waals surface area contributed by atoms with Gasteiger partial charge < -0.3 is 10.2 Å². The first-order chi connectivity index (χ1) is 9.81. The Morgan fingerprint density at radius 2 is 2.20 bits per heavy atom. The summed E-state index contributed by atoms with van der Waals surface area (Å²) in [6.07, 6.45) is 10.8. The largest absolute Gasteiger partial charge is 0.354 e. The molecule has 3 rings (SSSR count). The second kappa shape index (κ2) is 5.85. The molecule has 1 N–H and O–H groups in total. The third-order valence-electron chi connectivity index (χ3n) is 4.80. The molecule has 0 bridgehead atoms. The van der Waals surface area contributed by atoms with Gasteiger partial charge in [-0.05, 0) is 30.7 Å². The Bertz CT molecular complexity index is 445. The smallest absolute Gasteiger partial charge is 0.193 e. The van der Waals surface area contributed by atoms with E-state index < -0.39 is 0 Å². The highest BCUT2D eigenvalue weighted by Crippen LogP contribution is 2.45. The third kappa shape index (κ3) is 2.81. The lowest BCUT2D eigenvalue weighted by molar-refractivity contribution is 0.309. The first-order valence-corrected chi connectivity index (χ1v) is 7.74. The van der Waals surface area contributed by atoms with Crippen LogP contribution in [0.4, 0.5) is 0 Å². The van der Waals surface area contributed by atoms with Gasteiger partial charge >= 0.3 is 0 Å². The molecular formula is C15H25N5. The van der Waals surface area contributed by atoms with Gasteiger partial charge in [0.2, 0.25) is 0 Å². The maximum Gasteiger partial charge on any atom is 0.193 e. The lowest BCUT2D eigenvalue weighted by Gasteiger charge is -2.25. The first-order valence-electron chi connectivity index (χ1n) is 7.74. The van der Waals surface area contributed by atoms with E-state index >= 15 is 0 Å². The minimum Gasteiger partial charge on any atom is -0.354 e. The fourth-order valence-corrected chi connectivity index (χ4v) is 3.70. The summed E-state index contributed by atoms with van der Waals surface area (Å²) in [5, 5.41) is 7.69. The number of hydrogen-bond donors (Lipinski definition) is 1. The van der Waals surface area contributed by atoms with E-state index in [1.807, 2.05) is 30.2 Å². The Kier molecular flexibility index (Phi) is 3.94. The summed E-state index contributed by atoms with van der Waals surface area (Å²) in [6.45, 7) is 4.10. The molecule has 1 aliphatic heterocycles. The van der Waals surface area contributed by atoms with Crippen molar-refractivity contribution in [3.05, 3.63) is 18.5 Å². The van der Waals surface area contributed by atoms with Gasteiger partial charge in [-0.2, -0.15) is 5.10 Å². The third-order valence-corrected chi connectivity index (χ3v) is 4.80. The van der Waals surface area contributed by atoms with Gasteiger partial charge in [-0.1, -0.05) is 12.8 Å². The summed E-state index contributed by atoms with van der Waals surface area (Å²) in [6, 6.07) is 1.96. The molecule has 1 spiro atoms. The molecular weight excluding hydrogens is 250 g/mol. The molecule has 1 aromatic heterocycles. The summed E-state index contributed by atoms with van der Waals surface area (Å²) in [5.41, 5.74) is 0.597. The average molecular weight is 275 g/mol. The van der Waals surface area contributed by atoms with Gasteiger partial charge in [0, 0.05) is 39.1 Å². The van der Waals surface area contributed by atoms with Gasteiger partial charge in [-0.15, -0.1) is 0 Å². The minimum absolute atomic E-state index is 0.597. The normalized spacial score (nSPS) is 21.9. The number of aliphatic imine (C=N–C) groups is 1. The molecule has 5 heteroatoms. The number of hydrogen-bond acceptors (Lipinski definition) is 2. The van der Waals surface area contributed by atoms with Crippen LogP contribution in [0.2, 0.25) is 0 Å².